The molecular formula is C17H17N3O4S. The van der Waals surface area contributed by atoms with E-state index in [4.69, 9.17) is 5.11 Å². The predicted octanol–water partition coefficient (Wildman–Crippen LogP) is 1.99. The number of carboxylic acids is 1. The highest BCUT2D eigenvalue weighted by molar-refractivity contribution is 7.13. The van der Waals surface area contributed by atoms with Crippen LogP contribution < -0.4 is 10.2 Å². The SMILES string of the molecule is CC(=O)N1CCc2cc(C(=O)NCc3nc(C)c(C(=O)O)s3)ccc21. The molecule has 0 unspecified atom stereocenters. The lowest BCUT2D eigenvalue weighted by molar-refractivity contribution is -0.116. The summed E-state index contributed by atoms with van der Waals surface area (Å²) in [6, 6.07) is 5.27. The fourth-order valence-electron chi connectivity index (χ4n) is 2.85. The van der Waals surface area contributed by atoms with Crippen molar-refractivity contribution in [3.05, 3.63) is 44.9 Å². The van der Waals surface area contributed by atoms with Crippen molar-refractivity contribution in [2.75, 3.05) is 11.4 Å². The first-order valence-corrected chi connectivity index (χ1v) is 8.57. The summed E-state index contributed by atoms with van der Waals surface area (Å²) in [6.07, 6.45) is 0.726. The Labute approximate surface area is 148 Å². The topological polar surface area (TPSA) is 99.6 Å². The number of nitrogens with zero attached hydrogens (tertiary/aromatic N) is 2. The molecule has 2 heterocycles. The number of thiazole rings is 1. The number of fused-ring (bicyclic) bond motifs is 1. The van der Waals surface area contributed by atoms with Crippen LogP contribution in [0, 0.1) is 6.92 Å². The molecule has 25 heavy (non-hydrogen) atoms. The molecule has 0 atom stereocenters. The van der Waals surface area contributed by atoms with Gasteiger partial charge < -0.3 is 15.3 Å². The first kappa shape index (κ1) is 17.1. The highest BCUT2D eigenvalue weighted by atomic mass is 32.1. The maximum atomic E-state index is 12.3. The molecule has 1 aliphatic heterocycles. The van der Waals surface area contributed by atoms with E-state index >= 15 is 0 Å². The van der Waals surface area contributed by atoms with Crippen molar-refractivity contribution in [1.82, 2.24) is 10.3 Å². The number of carboxylic acid groups (broad SMARTS) is 1. The number of hydrogen-bond acceptors (Lipinski definition) is 5. The largest absolute Gasteiger partial charge is 0.477 e. The summed E-state index contributed by atoms with van der Waals surface area (Å²) in [4.78, 5) is 41.0. The second kappa shape index (κ2) is 6.64. The number of amides is 2. The molecule has 0 saturated carbocycles. The van der Waals surface area contributed by atoms with Crippen molar-refractivity contribution >= 4 is 34.8 Å². The second-order valence-electron chi connectivity index (χ2n) is 5.77. The molecular weight excluding hydrogens is 342 g/mol. The minimum atomic E-state index is -1.01. The zero-order valence-corrected chi connectivity index (χ0v) is 14.6. The highest BCUT2D eigenvalue weighted by Crippen LogP contribution is 2.29. The van der Waals surface area contributed by atoms with Gasteiger partial charge >= 0.3 is 5.97 Å². The first-order chi connectivity index (χ1) is 11.9. The summed E-state index contributed by atoms with van der Waals surface area (Å²) in [5.74, 6) is -1.28. The van der Waals surface area contributed by atoms with E-state index in [1.54, 1.807) is 30.0 Å². The van der Waals surface area contributed by atoms with E-state index in [1.807, 2.05) is 0 Å². The second-order valence-corrected chi connectivity index (χ2v) is 6.86. The van der Waals surface area contributed by atoms with Crippen LogP contribution in [0.4, 0.5) is 5.69 Å². The average Bonchev–Trinajstić information content (AvgIpc) is 3.15. The number of rotatable bonds is 4. The van der Waals surface area contributed by atoms with E-state index in [-0.39, 0.29) is 23.2 Å². The van der Waals surface area contributed by atoms with E-state index in [0.717, 1.165) is 29.0 Å². The molecule has 0 aliphatic carbocycles. The quantitative estimate of drug-likeness (QED) is 0.870. The van der Waals surface area contributed by atoms with Crippen LogP contribution in [0.15, 0.2) is 18.2 Å². The number of aromatic carboxylic acids is 1. The normalized spacial score (nSPS) is 12.8. The molecule has 0 bridgehead atoms. The summed E-state index contributed by atoms with van der Waals surface area (Å²) in [5.41, 5.74) is 2.78. The molecule has 130 valence electrons. The van der Waals surface area contributed by atoms with Gasteiger partial charge in [-0.3, -0.25) is 9.59 Å². The number of benzene rings is 1. The van der Waals surface area contributed by atoms with Crippen LogP contribution in [0.3, 0.4) is 0 Å². The number of nitrogens with one attached hydrogen (secondary N) is 1. The first-order valence-electron chi connectivity index (χ1n) is 7.75. The van der Waals surface area contributed by atoms with E-state index < -0.39 is 5.97 Å². The molecule has 7 nitrogen and oxygen atoms in total. The van der Waals surface area contributed by atoms with Crippen LogP contribution >= 0.6 is 11.3 Å². The monoisotopic (exact) mass is 359 g/mol. The van der Waals surface area contributed by atoms with E-state index in [0.29, 0.717) is 22.8 Å². The van der Waals surface area contributed by atoms with Crippen LogP contribution in [0.1, 0.15) is 43.2 Å². The molecule has 2 aromatic rings. The Balaban J connectivity index is 1.69. The standard InChI is InChI=1S/C17H17N3O4S/c1-9-15(17(23)24)25-14(19-9)8-18-16(22)12-3-4-13-11(7-12)5-6-20(13)10(2)21/h3-4,7H,5-6,8H2,1-2H3,(H,18,22)(H,23,24). The van der Waals surface area contributed by atoms with Crippen LogP contribution in [0.25, 0.3) is 0 Å². The van der Waals surface area contributed by atoms with Gasteiger partial charge in [0.15, 0.2) is 0 Å². The molecule has 1 aromatic carbocycles. The Kier molecular flexibility index (Phi) is 4.54. The summed E-state index contributed by atoms with van der Waals surface area (Å²) in [6.45, 7) is 3.96. The van der Waals surface area contributed by atoms with E-state index in [1.165, 1.54) is 6.92 Å². The maximum absolute atomic E-state index is 12.3. The zero-order chi connectivity index (χ0) is 18.1. The van der Waals surface area contributed by atoms with Gasteiger partial charge in [0.2, 0.25) is 5.91 Å². The fourth-order valence-corrected chi connectivity index (χ4v) is 3.70. The molecule has 0 fully saturated rings. The van der Waals surface area contributed by atoms with Crippen LogP contribution in [0.5, 0.6) is 0 Å². The Morgan fingerprint density at radius 3 is 2.76 bits per heavy atom. The van der Waals surface area contributed by atoms with Crippen molar-refractivity contribution in [1.29, 1.82) is 0 Å². The number of hydrogen-bond donors (Lipinski definition) is 2. The number of carbonyl (C=O) groups excluding carboxylic acids is 2. The van der Waals surface area contributed by atoms with Gasteiger partial charge in [0, 0.05) is 24.7 Å². The number of aryl methyl sites for hydroxylation is 1. The van der Waals surface area contributed by atoms with Gasteiger partial charge in [0.05, 0.1) is 12.2 Å². The molecule has 0 spiro atoms. The minimum absolute atomic E-state index is 0.00988. The fraction of sp³-hybridized carbons (Fsp3) is 0.294. The van der Waals surface area contributed by atoms with Gasteiger partial charge in [-0.15, -0.1) is 11.3 Å². The number of aromatic nitrogens is 1. The maximum Gasteiger partial charge on any atom is 0.347 e. The van der Waals surface area contributed by atoms with Crippen molar-refractivity contribution in [2.24, 2.45) is 0 Å². The number of anilines is 1. The Morgan fingerprint density at radius 1 is 1.36 bits per heavy atom. The molecule has 1 aromatic heterocycles. The lowest BCUT2D eigenvalue weighted by atomic mass is 10.1. The van der Waals surface area contributed by atoms with E-state index in [9.17, 15) is 14.4 Å². The van der Waals surface area contributed by atoms with E-state index in [2.05, 4.69) is 10.3 Å². The van der Waals surface area contributed by atoms with Crippen molar-refractivity contribution < 1.29 is 19.5 Å². The predicted molar refractivity (Wildman–Crippen MR) is 93.2 cm³/mol. The molecule has 8 heteroatoms. The van der Waals surface area contributed by atoms with Crippen molar-refractivity contribution in [2.45, 2.75) is 26.8 Å². The van der Waals surface area contributed by atoms with Gasteiger partial charge in [-0.05, 0) is 37.1 Å². The summed E-state index contributed by atoms with van der Waals surface area (Å²) < 4.78 is 0. The third-order valence-electron chi connectivity index (χ3n) is 4.05. The summed E-state index contributed by atoms with van der Waals surface area (Å²) in [5, 5.41) is 12.3. The zero-order valence-electron chi connectivity index (χ0n) is 13.8. The lowest BCUT2D eigenvalue weighted by Gasteiger charge is -2.14. The van der Waals surface area contributed by atoms with Gasteiger partial charge in [-0.2, -0.15) is 0 Å². The van der Waals surface area contributed by atoms with Crippen LogP contribution in [-0.4, -0.2) is 34.4 Å². The minimum Gasteiger partial charge on any atom is -0.477 e. The van der Waals surface area contributed by atoms with Gasteiger partial charge in [-0.1, -0.05) is 0 Å². The highest BCUT2D eigenvalue weighted by Gasteiger charge is 2.23. The number of carbonyl (C=O) groups is 3. The Bertz CT molecular complexity index is 875. The molecule has 3 rings (SSSR count). The molecule has 0 saturated heterocycles. The summed E-state index contributed by atoms with van der Waals surface area (Å²) in [7, 11) is 0. The lowest BCUT2D eigenvalue weighted by Crippen LogP contribution is -2.26. The molecule has 2 N–H and O–H groups in total. The van der Waals surface area contributed by atoms with Gasteiger partial charge in [0.25, 0.3) is 5.91 Å². The molecule has 0 radical (unpaired) electrons. The van der Waals surface area contributed by atoms with Gasteiger partial charge in [-0.25, -0.2) is 9.78 Å². The third kappa shape index (κ3) is 3.39. The Hall–Kier alpha value is -2.74. The summed E-state index contributed by atoms with van der Waals surface area (Å²) >= 11 is 1.06. The van der Waals surface area contributed by atoms with Crippen LogP contribution in [-0.2, 0) is 17.8 Å². The van der Waals surface area contributed by atoms with Crippen molar-refractivity contribution in [3.8, 4) is 0 Å². The van der Waals surface area contributed by atoms with Crippen molar-refractivity contribution in [3.63, 3.8) is 0 Å². The molecule has 2 amide bonds. The van der Waals surface area contributed by atoms with Crippen LogP contribution in [0.2, 0.25) is 0 Å². The van der Waals surface area contributed by atoms with Gasteiger partial charge in [0.1, 0.15) is 9.88 Å². The average molecular weight is 359 g/mol. The smallest absolute Gasteiger partial charge is 0.347 e. The molecule has 1 aliphatic rings. The third-order valence-corrected chi connectivity index (χ3v) is 5.20. The Morgan fingerprint density at radius 2 is 2.12 bits per heavy atom.